The predicted octanol–water partition coefficient (Wildman–Crippen LogP) is 4.60. The van der Waals surface area contributed by atoms with Gasteiger partial charge in [0, 0.05) is 12.5 Å². The average Bonchev–Trinajstić information content (AvgIpc) is 3.23. The molecule has 0 bridgehead atoms. The molecule has 4 heteroatoms. The van der Waals surface area contributed by atoms with Crippen molar-refractivity contribution >= 4 is 0 Å². The number of aliphatic hydroxyl groups excluding tert-OH is 3. The number of allylic oxidation sites excluding steroid dienone is 2. The molecule has 4 N–H and O–H groups in total. The zero-order chi connectivity index (χ0) is 21.8. The third-order valence-corrected chi connectivity index (χ3v) is 7.06. The molecule has 1 saturated carbocycles. The van der Waals surface area contributed by atoms with Gasteiger partial charge in [0.15, 0.2) is 0 Å². The maximum Gasteiger partial charge on any atom is 0.0723 e. The number of nitrogens with one attached hydrogen (secondary N) is 1. The minimum atomic E-state index is -0.386. The van der Waals surface area contributed by atoms with Crippen molar-refractivity contribution in [3.05, 3.63) is 23.8 Å². The second kappa shape index (κ2) is 14.4. The Morgan fingerprint density at radius 3 is 2.73 bits per heavy atom. The zero-order valence-corrected chi connectivity index (χ0v) is 19.4. The molecule has 0 heterocycles. The molecule has 0 aliphatic heterocycles. The highest BCUT2D eigenvalue weighted by Gasteiger charge is 2.43. The van der Waals surface area contributed by atoms with Crippen LogP contribution in [-0.2, 0) is 0 Å². The van der Waals surface area contributed by atoms with Crippen molar-refractivity contribution in [2.24, 2.45) is 23.7 Å². The van der Waals surface area contributed by atoms with E-state index in [1.165, 1.54) is 44.9 Å². The molecule has 0 aromatic rings. The molecule has 1 fully saturated rings. The summed E-state index contributed by atoms with van der Waals surface area (Å²) < 4.78 is 0. The molecule has 0 unspecified atom stereocenters. The van der Waals surface area contributed by atoms with E-state index in [4.69, 9.17) is 5.11 Å². The predicted molar refractivity (Wildman–Crippen MR) is 125 cm³/mol. The molecule has 30 heavy (non-hydrogen) atoms. The van der Waals surface area contributed by atoms with Crippen LogP contribution >= 0.6 is 0 Å². The third kappa shape index (κ3) is 8.82. The van der Waals surface area contributed by atoms with Gasteiger partial charge in [-0.3, -0.25) is 0 Å². The summed E-state index contributed by atoms with van der Waals surface area (Å²) in [4.78, 5) is 0. The minimum absolute atomic E-state index is 0.195. The van der Waals surface area contributed by atoms with Crippen molar-refractivity contribution < 1.29 is 15.3 Å². The van der Waals surface area contributed by atoms with Gasteiger partial charge in [-0.1, -0.05) is 63.3 Å². The highest BCUT2D eigenvalue weighted by Crippen LogP contribution is 2.48. The van der Waals surface area contributed by atoms with Crippen LogP contribution in [0.3, 0.4) is 0 Å². The van der Waals surface area contributed by atoms with Gasteiger partial charge in [0.2, 0.25) is 0 Å². The highest BCUT2D eigenvalue weighted by atomic mass is 16.3. The smallest absolute Gasteiger partial charge is 0.0723 e. The molecule has 6 atom stereocenters. The van der Waals surface area contributed by atoms with Gasteiger partial charge in [-0.05, 0) is 75.8 Å². The Bertz CT molecular complexity index is 518. The lowest BCUT2D eigenvalue weighted by Crippen LogP contribution is -2.18. The van der Waals surface area contributed by atoms with Crippen LogP contribution in [0.2, 0.25) is 0 Å². The normalized spacial score (nSPS) is 28.1. The number of unbranched alkanes of at least 4 members (excludes halogenated alkanes) is 3. The van der Waals surface area contributed by atoms with E-state index in [0.717, 1.165) is 38.8 Å². The van der Waals surface area contributed by atoms with Gasteiger partial charge in [-0.25, -0.2) is 0 Å². The molecule has 0 spiro atoms. The van der Waals surface area contributed by atoms with Crippen LogP contribution in [0.25, 0.3) is 0 Å². The molecule has 174 valence electrons. The van der Waals surface area contributed by atoms with Crippen LogP contribution in [0.15, 0.2) is 23.8 Å². The Labute approximate surface area is 184 Å². The lowest BCUT2D eigenvalue weighted by molar-refractivity contribution is 0.139. The first-order valence-corrected chi connectivity index (χ1v) is 12.6. The van der Waals surface area contributed by atoms with Crippen LogP contribution in [0.5, 0.6) is 0 Å². The van der Waals surface area contributed by atoms with E-state index in [1.807, 2.05) is 6.08 Å². The molecule has 0 saturated heterocycles. The minimum Gasteiger partial charge on any atom is -0.396 e. The van der Waals surface area contributed by atoms with E-state index in [-0.39, 0.29) is 24.7 Å². The van der Waals surface area contributed by atoms with Crippen LogP contribution in [-0.4, -0.2) is 47.2 Å². The first kappa shape index (κ1) is 25.6. The second-order valence-electron chi connectivity index (χ2n) is 9.81. The van der Waals surface area contributed by atoms with Crippen molar-refractivity contribution in [2.75, 3.05) is 19.7 Å². The van der Waals surface area contributed by atoms with E-state index in [1.54, 1.807) is 5.57 Å². The first-order chi connectivity index (χ1) is 14.5. The highest BCUT2D eigenvalue weighted by molar-refractivity contribution is 5.21. The summed E-state index contributed by atoms with van der Waals surface area (Å²) in [6, 6.07) is 0. The molecule has 0 aromatic heterocycles. The quantitative estimate of drug-likeness (QED) is 0.217. The van der Waals surface area contributed by atoms with Crippen LogP contribution in [0.4, 0.5) is 0 Å². The van der Waals surface area contributed by atoms with Gasteiger partial charge in [-0.15, -0.1) is 0 Å². The Morgan fingerprint density at radius 2 is 1.97 bits per heavy atom. The summed E-state index contributed by atoms with van der Waals surface area (Å²) in [6.45, 7) is 6.66. The molecular weight excluding hydrogens is 374 g/mol. The lowest BCUT2D eigenvalue weighted by atomic mass is 9.88. The molecule has 0 radical (unpaired) electrons. The van der Waals surface area contributed by atoms with E-state index in [9.17, 15) is 10.2 Å². The van der Waals surface area contributed by atoms with E-state index in [2.05, 4.69) is 31.3 Å². The molecule has 0 amide bonds. The Kier molecular flexibility index (Phi) is 12.3. The van der Waals surface area contributed by atoms with Gasteiger partial charge in [0.25, 0.3) is 0 Å². The topological polar surface area (TPSA) is 72.7 Å². The maximum absolute atomic E-state index is 10.5. The summed E-state index contributed by atoms with van der Waals surface area (Å²) in [7, 11) is 0. The van der Waals surface area contributed by atoms with E-state index < -0.39 is 0 Å². The zero-order valence-electron chi connectivity index (χ0n) is 19.4. The van der Waals surface area contributed by atoms with Crippen LogP contribution < -0.4 is 5.32 Å². The van der Waals surface area contributed by atoms with Crippen molar-refractivity contribution in [2.45, 2.75) is 96.7 Å². The first-order valence-electron chi connectivity index (χ1n) is 12.6. The summed E-state index contributed by atoms with van der Waals surface area (Å²) in [5.41, 5.74) is 1.58. The van der Waals surface area contributed by atoms with E-state index >= 15 is 0 Å². The summed E-state index contributed by atoms with van der Waals surface area (Å²) in [5.74, 6) is 1.79. The fraction of sp³-hybridized carbons (Fsp3) is 0.846. The van der Waals surface area contributed by atoms with Crippen molar-refractivity contribution in [3.63, 3.8) is 0 Å². The maximum atomic E-state index is 10.5. The Balaban J connectivity index is 1.68. The fourth-order valence-electron chi connectivity index (χ4n) is 5.32. The fourth-order valence-corrected chi connectivity index (χ4v) is 5.32. The third-order valence-electron chi connectivity index (χ3n) is 7.06. The molecule has 2 aliphatic carbocycles. The van der Waals surface area contributed by atoms with Crippen LogP contribution in [0, 0.1) is 23.7 Å². The summed E-state index contributed by atoms with van der Waals surface area (Å²) in [6.07, 6.45) is 18.0. The monoisotopic (exact) mass is 421 g/mol. The Hall–Kier alpha value is -0.680. The molecule has 2 rings (SSSR count). The molecule has 4 nitrogen and oxygen atoms in total. The number of hydrogen-bond acceptors (Lipinski definition) is 4. The van der Waals surface area contributed by atoms with Gasteiger partial charge < -0.3 is 20.6 Å². The Morgan fingerprint density at radius 1 is 1.17 bits per heavy atom. The van der Waals surface area contributed by atoms with Crippen LogP contribution in [0.1, 0.15) is 84.5 Å². The number of hydrogen-bond donors (Lipinski definition) is 4. The molecule has 0 aromatic carbocycles. The van der Waals surface area contributed by atoms with Crippen molar-refractivity contribution in [1.82, 2.24) is 5.32 Å². The van der Waals surface area contributed by atoms with Gasteiger partial charge in [-0.2, -0.15) is 0 Å². The average molecular weight is 422 g/mol. The van der Waals surface area contributed by atoms with Gasteiger partial charge in [0.1, 0.15) is 0 Å². The van der Waals surface area contributed by atoms with Gasteiger partial charge >= 0.3 is 0 Å². The lowest BCUT2D eigenvalue weighted by Gasteiger charge is -2.19. The largest absolute Gasteiger partial charge is 0.396 e. The van der Waals surface area contributed by atoms with Gasteiger partial charge in [0.05, 0.1) is 12.2 Å². The summed E-state index contributed by atoms with van der Waals surface area (Å²) >= 11 is 0. The number of fused-ring (bicyclic) bond motifs is 1. The summed E-state index contributed by atoms with van der Waals surface area (Å²) in [5, 5.41) is 33.1. The van der Waals surface area contributed by atoms with Crippen molar-refractivity contribution in [1.29, 1.82) is 0 Å². The SMILES string of the molecule is CCCC[C@H](C)C[C@H](O)C=C[C@@H]1[C@H]2CC(CCCCCNCCCO)=C[C@H]2C[C@H]1O. The molecular formula is C26H47NO3. The van der Waals surface area contributed by atoms with E-state index in [0.29, 0.717) is 17.8 Å². The number of aliphatic hydroxyl groups is 3. The molecule has 2 aliphatic rings. The second-order valence-corrected chi connectivity index (χ2v) is 9.81. The number of rotatable bonds is 16. The van der Waals surface area contributed by atoms with Crippen molar-refractivity contribution in [3.8, 4) is 0 Å². The standard InChI is InChI=1S/C26H47NO3/c1-3-4-9-20(2)16-23(29)11-12-24-25-18-21(17-22(25)19-26(24)30)10-6-5-7-13-27-14-8-15-28/h11-12,17,20,22-30H,3-10,13-16,18-19H2,1-2H3/t20-,22-,23+,24+,25-,26+/m0/s1.